The van der Waals surface area contributed by atoms with Gasteiger partial charge in [-0.05, 0) is 24.1 Å². The molecule has 1 aromatic carbocycles. The lowest BCUT2D eigenvalue weighted by Crippen LogP contribution is -2.12. The zero-order valence-corrected chi connectivity index (χ0v) is 9.45. The van der Waals surface area contributed by atoms with E-state index in [0.717, 1.165) is 16.5 Å². The third-order valence-corrected chi connectivity index (χ3v) is 2.82. The van der Waals surface area contributed by atoms with Crippen LogP contribution in [0, 0.1) is 5.92 Å². The molecule has 0 aliphatic rings. The molecule has 1 aromatic heterocycles. The number of carboxylic acid groups (broad SMARTS) is 1. The monoisotopic (exact) mass is 238 g/mol. The second-order valence-corrected chi connectivity index (χ2v) is 4.26. The minimum Gasteiger partial charge on any atom is -0.481 e. The summed E-state index contributed by atoms with van der Waals surface area (Å²) < 4.78 is 0. The summed E-state index contributed by atoms with van der Waals surface area (Å²) in [7, 11) is 0. The van der Waals surface area contributed by atoms with E-state index < -0.39 is 11.9 Å². The molecule has 4 nitrogen and oxygen atoms in total. The molecule has 2 N–H and O–H groups in total. The lowest BCUT2D eigenvalue weighted by Gasteiger charge is -2.06. The zero-order chi connectivity index (χ0) is 11.7. The van der Waals surface area contributed by atoms with Crippen LogP contribution in [0.1, 0.15) is 12.5 Å². The van der Waals surface area contributed by atoms with Gasteiger partial charge < -0.3 is 5.11 Å². The average molecular weight is 239 g/mol. The van der Waals surface area contributed by atoms with Gasteiger partial charge >= 0.3 is 5.97 Å². The van der Waals surface area contributed by atoms with Crippen molar-refractivity contribution >= 4 is 28.5 Å². The fourth-order valence-corrected chi connectivity index (χ4v) is 1.92. The molecule has 1 heterocycles. The summed E-state index contributed by atoms with van der Waals surface area (Å²) in [4.78, 5) is 10.8. The van der Waals surface area contributed by atoms with E-state index >= 15 is 0 Å². The van der Waals surface area contributed by atoms with Crippen molar-refractivity contribution in [3.8, 4) is 0 Å². The van der Waals surface area contributed by atoms with Gasteiger partial charge in [0, 0.05) is 5.39 Å². The van der Waals surface area contributed by atoms with Crippen molar-refractivity contribution < 1.29 is 9.90 Å². The van der Waals surface area contributed by atoms with Crippen LogP contribution in [0.3, 0.4) is 0 Å². The van der Waals surface area contributed by atoms with Gasteiger partial charge in [0.25, 0.3) is 0 Å². The largest absolute Gasteiger partial charge is 0.481 e. The van der Waals surface area contributed by atoms with Crippen molar-refractivity contribution in [1.29, 1.82) is 0 Å². The van der Waals surface area contributed by atoms with Crippen molar-refractivity contribution in [1.82, 2.24) is 10.2 Å². The van der Waals surface area contributed by atoms with Crippen LogP contribution in [0.25, 0.3) is 10.9 Å². The maximum atomic E-state index is 10.8. The van der Waals surface area contributed by atoms with Gasteiger partial charge in [0.05, 0.1) is 22.7 Å². The van der Waals surface area contributed by atoms with Gasteiger partial charge in [0.15, 0.2) is 0 Å². The Morgan fingerprint density at radius 3 is 3.06 bits per heavy atom. The number of benzene rings is 1. The Bertz CT molecular complexity index is 536. The first-order valence-corrected chi connectivity index (χ1v) is 5.30. The number of hydrogen-bond donors (Lipinski definition) is 2. The average Bonchev–Trinajstić information content (AvgIpc) is 2.65. The molecule has 0 aliphatic carbocycles. The Kier molecular flexibility index (Phi) is 2.83. The van der Waals surface area contributed by atoms with Crippen molar-refractivity contribution in [2.24, 2.45) is 5.92 Å². The quantitative estimate of drug-likeness (QED) is 0.863. The number of carbonyl (C=O) groups is 1. The lowest BCUT2D eigenvalue weighted by atomic mass is 10.0. The van der Waals surface area contributed by atoms with Crippen molar-refractivity contribution in [3.63, 3.8) is 0 Å². The molecule has 2 aromatic rings. The number of H-pyrrole nitrogens is 1. The maximum absolute atomic E-state index is 10.8. The smallest absolute Gasteiger partial charge is 0.306 e. The molecule has 84 valence electrons. The van der Waals surface area contributed by atoms with Crippen LogP contribution in [0.15, 0.2) is 18.3 Å². The van der Waals surface area contributed by atoms with Crippen molar-refractivity contribution in [2.45, 2.75) is 13.3 Å². The summed E-state index contributed by atoms with van der Waals surface area (Å²) in [5.74, 6) is -1.22. The Balaban J connectivity index is 2.35. The Morgan fingerprint density at radius 2 is 2.38 bits per heavy atom. The number of halogens is 1. The molecule has 0 bridgehead atoms. The third kappa shape index (κ3) is 2.02. The molecule has 0 saturated heterocycles. The van der Waals surface area contributed by atoms with Crippen LogP contribution in [0.2, 0.25) is 5.02 Å². The highest BCUT2D eigenvalue weighted by Crippen LogP contribution is 2.24. The van der Waals surface area contributed by atoms with Crippen LogP contribution < -0.4 is 0 Å². The topological polar surface area (TPSA) is 66.0 Å². The number of carboxylic acids is 1. The lowest BCUT2D eigenvalue weighted by molar-refractivity contribution is -0.141. The van der Waals surface area contributed by atoms with Gasteiger partial charge in [-0.15, -0.1) is 0 Å². The van der Waals surface area contributed by atoms with E-state index in [0.29, 0.717) is 11.4 Å². The highest BCUT2D eigenvalue weighted by Gasteiger charge is 2.13. The second kappa shape index (κ2) is 4.14. The van der Waals surface area contributed by atoms with E-state index in [-0.39, 0.29) is 0 Å². The number of nitrogens with zero attached hydrogens (tertiary/aromatic N) is 1. The van der Waals surface area contributed by atoms with Gasteiger partial charge in [0.2, 0.25) is 0 Å². The Labute approximate surface area is 97.2 Å². The molecule has 0 aliphatic heterocycles. The number of aliphatic carboxylic acids is 1. The first kappa shape index (κ1) is 11.0. The summed E-state index contributed by atoms with van der Waals surface area (Å²) >= 11 is 6.05. The molecule has 2 rings (SSSR count). The van der Waals surface area contributed by atoms with Crippen LogP contribution in [0.4, 0.5) is 0 Å². The maximum Gasteiger partial charge on any atom is 0.306 e. The molecule has 5 heteroatoms. The molecular formula is C11H11ClN2O2. The predicted molar refractivity (Wildman–Crippen MR) is 61.6 cm³/mol. The highest BCUT2D eigenvalue weighted by molar-refractivity contribution is 6.35. The van der Waals surface area contributed by atoms with Gasteiger partial charge in [-0.2, -0.15) is 5.10 Å². The summed E-state index contributed by atoms with van der Waals surface area (Å²) in [5, 5.41) is 17.0. The standard InChI is InChI=1S/C11H11ClN2O2/c1-6(11(15)16)2-7-3-8-5-13-14-10(8)9(12)4-7/h3-6H,2H2,1H3,(H,13,14)(H,15,16). The van der Waals surface area contributed by atoms with E-state index in [2.05, 4.69) is 10.2 Å². The van der Waals surface area contributed by atoms with Gasteiger partial charge in [-0.1, -0.05) is 18.5 Å². The molecule has 1 atom stereocenters. The molecule has 0 radical (unpaired) electrons. The molecule has 1 unspecified atom stereocenters. The molecular weight excluding hydrogens is 228 g/mol. The van der Waals surface area contributed by atoms with Gasteiger partial charge in [0.1, 0.15) is 0 Å². The molecule has 0 saturated carbocycles. The highest BCUT2D eigenvalue weighted by atomic mass is 35.5. The minimum absolute atomic E-state index is 0.416. The van der Waals surface area contributed by atoms with E-state index in [4.69, 9.17) is 16.7 Å². The third-order valence-electron chi connectivity index (χ3n) is 2.52. The van der Waals surface area contributed by atoms with Gasteiger partial charge in [-0.3, -0.25) is 9.89 Å². The van der Waals surface area contributed by atoms with Gasteiger partial charge in [-0.25, -0.2) is 0 Å². The van der Waals surface area contributed by atoms with Crippen LogP contribution in [-0.2, 0) is 11.2 Å². The summed E-state index contributed by atoms with van der Waals surface area (Å²) in [6, 6.07) is 3.69. The first-order valence-electron chi connectivity index (χ1n) is 4.92. The first-order chi connectivity index (χ1) is 7.58. The van der Waals surface area contributed by atoms with Crippen molar-refractivity contribution in [2.75, 3.05) is 0 Å². The number of aromatic amines is 1. The molecule has 0 amide bonds. The van der Waals surface area contributed by atoms with E-state index in [1.54, 1.807) is 19.2 Å². The molecule has 0 spiro atoms. The fourth-order valence-electron chi connectivity index (χ4n) is 1.63. The molecule has 16 heavy (non-hydrogen) atoms. The zero-order valence-electron chi connectivity index (χ0n) is 8.70. The Hall–Kier alpha value is -1.55. The number of rotatable bonds is 3. The van der Waals surface area contributed by atoms with E-state index in [9.17, 15) is 4.79 Å². The second-order valence-electron chi connectivity index (χ2n) is 3.86. The predicted octanol–water partition coefficient (Wildman–Crippen LogP) is 2.48. The summed E-state index contributed by atoms with van der Waals surface area (Å²) in [6.07, 6.45) is 2.15. The normalized spacial score (nSPS) is 12.9. The van der Waals surface area contributed by atoms with Crippen LogP contribution in [0.5, 0.6) is 0 Å². The summed E-state index contributed by atoms with van der Waals surface area (Å²) in [6.45, 7) is 1.68. The minimum atomic E-state index is -0.802. The molecule has 0 fully saturated rings. The number of hydrogen-bond acceptors (Lipinski definition) is 2. The number of nitrogens with one attached hydrogen (secondary N) is 1. The summed E-state index contributed by atoms with van der Waals surface area (Å²) in [5.41, 5.74) is 1.70. The Morgan fingerprint density at radius 1 is 1.62 bits per heavy atom. The number of fused-ring (bicyclic) bond motifs is 1. The number of aromatic nitrogens is 2. The van der Waals surface area contributed by atoms with Crippen LogP contribution in [-0.4, -0.2) is 21.3 Å². The van der Waals surface area contributed by atoms with Crippen LogP contribution >= 0.6 is 11.6 Å². The SMILES string of the molecule is CC(Cc1cc(Cl)c2[nH]ncc2c1)C(=O)O. The van der Waals surface area contributed by atoms with E-state index in [1.807, 2.05) is 6.07 Å². The van der Waals surface area contributed by atoms with Crippen molar-refractivity contribution in [3.05, 3.63) is 28.9 Å². The fraction of sp³-hybridized carbons (Fsp3) is 0.273. The van der Waals surface area contributed by atoms with E-state index in [1.165, 1.54) is 0 Å².